The molecular weight excluding hydrogens is 336 g/mol. The minimum atomic E-state index is -0.412. The van der Waals surface area contributed by atoms with Gasteiger partial charge >= 0.3 is 5.97 Å². The zero-order valence-corrected chi connectivity index (χ0v) is 16.1. The van der Waals surface area contributed by atoms with Crippen LogP contribution in [0.5, 0.6) is 0 Å². The molecule has 0 saturated heterocycles. The predicted octanol–water partition coefficient (Wildman–Crippen LogP) is 5.45. The van der Waals surface area contributed by atoms with Gasteiger partial charge in [0.05, 0.1) is 12.2 Å². The van der Waals surface area contributed by atoms with E-state index in [9.17, 15) is 4.79 Å². The lowest BCUT2D eigenvalue weighted by Gasteiger charge is -2.02. The fourth-order valence-corrected chi connectivity index (χ4v) is 2.79. The molecule has 3 aromatic rings. The molecule has 0 radical (unpaired) electrons. The number of hydrogen-bond acceptors (Lipinski definition) is 3. The van der Waals surface area contributed by atoms with Gasteiger partial charge in [0.1, 0.15) is 11.3 Å². The van der Waals surface area contributed by atoms with E-state index in [2.05, 4.69) is 11.8 Å². The molecule has 0 atom stereocenters. The van der Waals surface area contributed by atoms with E-state index in [1.165, 1.54) is 5.56 Å². The number of furan rings is 1. The van der Waals surface area contributed by atoms with Crippen LogP contribution in [-0.2, 0) is 4.74 Å². The molecule has 3 nitrogen and oxygen atoms in total. The Kier molecular flexibility index (Phi) is 5.47. The number of benzene rings is 2. The Morgan fingerprint density at radius 2 is 1.52 bits per heavy atom. The molecule has 0 spiro atoms. The Hall–Kier alpha value is -3.25. The molecule has 2 aromatic carbocycles. The first kappa shape index (κ1) is 18.5. The molecule has 0 saturated carbocycles. The number of hydrogen-bond donors (Lipinski definition) is 0. The molecule has 3 rings (SSSR count). The van der Waals surface area contributed by atoms with Gasteiger partial charge in [-0.05, 0) is 39.8 Å². The lowest BCUT2D eigenvalue weighted by Crippen LogP contribution is -2.07. The molecule has 0 aliphatic heterocycles. The quantitative estimate of drug-likeness (QED) is 0.462. The Bertz CT molecular complexity index is 1010. The fraction of sp³-hybridized carbons (Fsp3) is 0.208. The van der Waals surface area contributed by atoms with Gasteiger partial charge in [-0.1, -0.05) is 59.4 Å². The van der Waals surface area contributed by atoms with Crippen LogP contribution in [0.2, 0.25) is 0 Å². The maximum absolute atomic E-state index is 12.5. The van der Waals surface area contributed by atoms with Crippen LogP contribution in [0.25, 0.3) is 11.3 Å². The van der Waals surface area contributed by atoms with E-state index in [0.29, 0.717) is 29.3 Å². The smallest absolute Gasteiger partial charge is 0.343 e. The molecule has 0 fully saturated rings. The van der Waals surface area contributed by atoms with E-state index >= 15 is 0 Å². The summed E-state index contributed by atoms with van der Waals surface area (Å²) in [5.74, 6) is 6.98. The second-order valence-electron chi connectivity index (χ2n) is 6.44. The molecule has 136 valence electrons. The predicted molar refractivity (Wildman–Crippen MR) is 107 cm³/mol. The van der Waals surface area contributed by atoms with Crippen molar-refractivity contribution >= 4 is 5.97 Å². The molecule has 3 heteroatoms. The van der Waals surface area contributed by atoms with Gasteiger partial charge in [-0.3, -0.25) is 0 Å². The van der Waals surface area contributed by atoms with Crippen LogP contribution in [0.1, 0.15) is 45.3 Å². The fourth-order valence-electron chi connectivity index (χ4n) is 2.79. The van der Waals surface area contributed by atoms with Crippen LogP contribution in [0.15, 0.2) is 52.9 Å². The monoisotopic (exact) mass is 358 g/mol. The lowest BCUT2D eigenvalue weighted by atomic mass is 10.0. The minimum absolute atomic E-state index is 0.300. The first-order valence-corrected chi connectivity index (χ1v) is 8.96. The Balaban J connectivity index is 2.14. The zero-order valence-electron chi connectivity index (χ0n) is 16.1. The minimum Gasteiger partial charge on any atom is -0.462 e. The largest absolute Gasteiger partial charge is 0.462 e. The van der Waals surface area contributed by atoms with Crippen molar-refractivity contribution in [2.75, 3.05) is 6.61 Å². The van der Waals surface area contributed by atoms with Crippen LogP contribution < -0.4 is 0 Å². The van der Waals surface area contributed by atoms with E-state index in [1.807, 2.05) is 62.4 Å². The van der Waals surface area contributed by atoms with Gasteiger partial charge in [0.2, 0.25) is 0 Å². The van der Waals surface area contributed by atoms with Crippen LogP contribution in [0.4, 0.5) is 0 Å². The number of ether oxygens (including phenoxy) is 1. The summed E-state index contributed by atoms with van der Waals surface area (Å²) in [6.45, 7) is 7.91. The summed E-state index contributed by atoms with van der Waals surface area (Å²) in [7, 11) is 0. The Morgan fingerprint density at radius 1 is 0.926 bits per heavy atom. The van der Waals surface area contributed by atoms with Gasteiger partial charge in [0.25, 0.3) is 0 Å². The van der Waals surface area contributed by atoms with Crippen LogP contribution in [0.3, 0.4) is 0 Å². The van der Waals surface area contributed by atoms with Gasteiger partial charge in [-0.25, -0.2) is 4.79 Å². The SMILES string of the molecule is CCOC(=O)c1c(C)oc(-c2ccc(C)cc2)c1C#Cc1ccc(C)cc1. The second kappa shape index (κ2) is 7.97. The molecule has 0 aliphatic carbocycles. The van der Waals surface area contributed by atoms with Crippen LogP contribution >= 0.6 is 0 Å². The normalized spacial score (nSPS) is 10.2. The van der Waals surface area contributed by atoms with Crippen LogP contribution in [-0.4, -0.2) is 12.6 Å². The van der Waals surface area contributed by atoms with Crippen molar-refractivity contribution in [1.29, 1.82) is 0 Å². The lowest BCUT2D eigenvalue weighted by molar-refractivity contribution is 0.0524. The molecule has 1 heterocycles. The zero-order chi connectivity index (χ0) is 19.4. The summed E-state index contributed by atoms with van der Waals surface area (Å²) in [6.07, 6.45) is 0. The van der Waals surface area contributed by atoms with Crippen molar-refractivity contribution in [2.45, 2.75) is 27.7 Å². The number of carbonyl (C=O) groups is 1. The second-order valence-corrected chi connectivity index (χ2v) is 6.44. The summed E-state index contributed by atoms with van der Waals surface area (Å²) in [5, 5.41) is 0. The van der Waals surface area contributed by atoms with E-state index in [1.54, 1.807) is 13.8 Å². The molecule has 27 heavy (non-hydrogen) atoms. The first-order valence-electron chi connectivity index (χ1n) is 8.96. The highest BCUT2D eigenvalue weighted by Gasteiger charge is 2.24. The maximum atomic E-state index is 12.5. The molecule has 0 bridgehead atoms. The summed E-state index contributed by atoms with van der Waals surface area (Å²) in [6, 6.07) is 15.9. The van der Waals surface area contributed by atoms with Crippen molar-refractivity contribution in [3.05, 3.63) is 82.1 Å². The molecule has 1 aromatic heterocycles. The topological polar surface area (TPSA) is 39.4 Å². The summed E-state index contributed by atoms with van der Waals surface area (Å²) < 4.78 is 11.2. The average Bonchev–Trinajstić information content (AvgIpc) is 2.98. The van der Waals surface area contributed by atoms with Gasteiger partial charge in [0, 0.05) is 11.1 Å². The van der Waals surface area contributed by atoms with Gasteiger partial charge in [-0.2, -0.15) is 0 Å². The summed E-state index contributed by atoms with van der Waals surface area (Å²) >= 11 is 0. The third kappa shape index (κ3) is 4.12. The van der Waals surface area contributed by atoms with Crippen molar-refractivity contribution in [1.82, 2.24) is 0 Å². The average molecular weight is 358 g/mol. The van der Waals surface area contributed by atoms with Gasteiger partial charge < -0.3 is 9.15 Å². The molecular formula is C24H22O3. The highest BCUT2D eigenvalue weighted by atomic mass is 16.5. The van der Waals surface area contributed by atoms with Crippen LogP contribution in [0, 0.1) is 32.6 Å². The Labute approximate surface area is 160 Å². The van der Waals surface area contributed by atoms with Crippen molar-refractivity contribution in [3.8, 4) is 23.2 Å². The number of rotatable bonds is 3. The molecule has 0 amide bonds. The summed E-state index contributed by atoms with van der Waals surface area (Å²) in [4.78, 5) is 12.5. The van der Waals surface area contributed by atoms with Crippen molar-refractivity contribution in [2.24, 2.45) is 0 Å². The van der Waals surface area contributed by atoms with E-state index in [0.717, 1.165) is 16.7 Å². The number of carbonyl (C=O) groups excluding carboxylic acids is 1. The maximum Gasteiger partial charge on any atom is 0.343 e. The molecule has 0 N–H and O–H groups in total. The highest BCUT2D eigenvalue weighted by Crippen LogP contribution is 2.31. The third-order valence-electron chi connectivity index (χ3n) is 4.26. The standard InChI is InChI=1S/C24H22O3/c1-5-26-24(25)22-18(4)27-23(20-13-8-17(3)9-14-20)21(22)15-12-19-10-6-16(2)7-11-19/h6-11,13-14H,5H2,1-4H3. The summed E-state index contributed by atoms with van der Waals surface area (Å²) in [5.41, 5.74) is 5.05. The molecule has 0 aliphatic rings. The van der Waals surface area contributed by atoms with E-state index in [4.69, 9.17) is 9.15 Å². The third-order valence-corrected chi connectivity index (χ3v) is 4.26. The van der Waals surface area contributed by atoms with Crippen molar-refractivity contribution in [3.63, 3.8) is 0 Å². The van der Waals surface area contributed by atoms with Gasteiger partial charge in [-0.15, -0.1) is 0 Å². The van der Waals surface area contributed by atoms with E-state index in [-0.39, 0.29) is 0 Å². The van der Waals surface area contributed by atoms with Crippen molar-refractivity contribution < 1.29 is 13.9 Å². The Morgan fingerprint density at radius 3 is 2.11 bits per heavy atom. The number of aryl methyl sites for hydroxylation is 3. The number of esters is 1. The van der Waals surface area contributed by atoms with Gasteiger partial charge in [0.15, 0.2) is 5.76 Å². The molecule has 0 unspecified atom stereocenters. The highest BCUT2D eigenvalue weighted by molar-refractivity contribution is 5.96. The van der Waals surface area contributed by atoms with E-state index < -0.39 is 5.97 Å². The first-order chi connectivity index (χ1) is 13.0.